The van der Waals surface area contributed by atoms with E-state index in [9.17, 15) is 22.8 Å². The minimum absolute atomic E-state index is 0.00812. The van der Waals surface area contributed by atoms with E-state index >= 15 is 0 Å². The van der Waals surface area contributed by atoms with Crippen LogP contribution < -0.4 is 4.72 Å². The number of carbonyl (C=O) groups is 3. The predicted octanol–water partition coefficient (Wildman–Crippen LogP) is 5.80. The molecule has 1 aromatic heterocycles. The zero-order valence-electron chi connectivity index (χ0n) is 19.8. The molecule has 2 heterocycles. The molecule has 0 spiro atoms. The van der Waals surface area contributed by atoms with Gasteiger partial charge in [0.15, 0.2) is 5.13 Å². The summed E-state index contributed by atoms with van der Waals surface area (Å²) < 4.78 is 28.2. The monoisotopic (exact) mass is 561 g/mol. The van der Waals surface area contributed by atoms with Gasteiger partial charge in [-0.25, -0.2) is 18.3 Å². The van der Waals surface area contributed by atoms with Gasteiger partial charge in [0.2, 0.25) is 0 Å². The van der Waals surface area contributed by atoms with Gasteiger partial charge in [0.25, 0.3) is 21.8 Å². The number of hydrogen-bond donors (Lipinski definition) is 1. The third-order valence-electron chi connectivity index (χ3n) is 5.58. The van der Waals surface area contributed by atoms with Gasteiger partial charge in [-0.3, -0.25) is 19.1 Å². The van der Waals surface area contributed by atoms with E-state index in [1.807, 2.05) is 37.3 Å². The van der Waals surface area contributed by atoms with Crippen LogP contribution in [0.1, 0.15) is 21.5 Å². The van der Waals surface area contributed by atoms with Gasteiger partial charge < -0.3 is 0 Å². The van der Waals surface area contributed by atoms with Crippen molar-refractivity contribution in [1.29, 1.82) is 0 Å². The molecule has 190 valence electrons. The molecule has 1 N–H and O–H groups in total. The molecule has 8 nitrogen and oxygen atoms in total. The summed E-state index contributed by atoms with van der Waals surface area (Å²) in [6.07, 6.45) is 1.45. The molecule has 1 aliphatic heterocycles. The molecule has 38 heavy (non-hydrogen) atoms. The normalized spacial score (nSPS) is 14.8. The summed E-state index contributed by atoms with van der Waals surface area (Å²) in [5.41, 5.74) is 3.22. The highest BCUT2D eigenvalue weighted by atomic mass is 32.2. The van der Waals surface area contributed by atoms with Crippen molar-refractivity contribution in [3.05, 3.63) is 106 Å². The van der Waals surface area contributed by atoms with Gasteiger partial charge in [0.05, 0.1) is 15.5 Å². The summed E-state index contributed by atoms with van der Waals surface area (Å²) in [5.74, 6) is -1.41. The first kappa shape index (κ1) is 25.6. The van der Waals surface area contributed by atoms with Gasteiger partial charge in [-0.1, -0.05) is 60.2 Å². The van der Waals surface area contributed by atoms with E-state index in [0.29, 0.717) is 27.9 Å². The van der Waals surface area contributed by atoms with Crippen LogP contribution in [0.2, 0.25) is 0 Å². The van der Waals surface area contributed by atoms with Gasteiger partial charge in [-0.15, -0.1) is 11.3 Å². The summed E-state index contributed by atoms with van der Waals surface area (Å²) in [6, 6.07) is 21.8. The highest BCUT2D eigenvalue weighted by molar-refractivity contribution is 8.18. The van der Waals surface area contributed by atoms with E-state index in [0.717, 1.165) is 11.1 Å². The Morgan fingerprint density at radius 3 is 2.32 bits per heavy atom. The Morgan fingerprint density at radius 1 is 0.947 bits per heavy atom. The quantitative estimate of drug-likeness (QED) is 0.234. The van der Waals surface area contributed by atoms with E-state index in [1.54, 1.807) is 29.6 Å². The first-order valence-electron chi connectivity index (χ1n) is 11.2. The molecule has 0 saturated carbocycles. The molecular formula is C27H19N3O5S3. The van der Waals surface area contributed by atoms with Crippen molar-refractivity contribution in [1.82, 2.24) is 9.88 Å². The summed E-state index contributed by atoms with van der Waals surface area (Å²) in [5, 5.41) is 1.32. The van der Waals surface area contributed by atoms with Gasteiger partial charge in [0.1, 0.15) is 0 Å². The molecule has 3 amide bonds. The maximum Gasteiger partial charge on any atom is 0.300 e. The van der Waals surface area contributed by atoms with Crippen LogP contribution >= 0.6 is 23.1 Å². The Bertz CT molecular complexity index is 1680. The molecule has 0 bridgehead atoms. The standard InChI is InChI=1S/C27H19N3O5S3/c1-17-7-11-20(12-8-17)24(31)30-25(32)23(37-27(30)33)15-18-9-13-21(14-10-18)38(34,35)29-26-28-22(16-36-26)19-5-3-2-4-6-19/h2-16H,1H3,(H,28,29)/b23-15-. The average molecular weight is 562 g/mol. The molecule has 5 rings (SSSR count). The summed E-state index contributed by atoms with van der Waals surface area (Å²) in [4.78, 5) is 43.0. The highest BCUT2D eigenvalue weighted by Gasteiger charge is 2.40. The fourth-order valence-corrected chi connectivity index (χ4v) is 6.39. The SMILES string of the molecule is Cc1ccc(C(=O)N2C(=O)S/C(=C\c3ccc(S(=O)(=O)Nc4nc(-c5ccccc5)cs4)cc3)C2=O)cc1. The molecule has 0 radical (unpaired) electrons. The molecule has 11 heteroatoms. The zero-order chi connectivity index (χ0) is 26.9. The third kappa shape index (κ3) is 5.30. The lowest BCUT2D eigenvalue weighted by molar-refractivity contribution is -0.120. The van der Waals surface area contributed by atoms with E-state index in [4.69, 9.17) is 0 Å². The lowest BCUT2D eigenvalue weighted by Gasteiger charge is -2.10. The Hall–Kier alpha value is -4.06. The number of rotatable bonds is 6. The number of anilines is 1. The lowest BCUT2D eigenvalue weighted by atomic mass is 10.1. The van der Waals surface area contributed by atoms with Crippen LogP contribution in [0.25, 0.3) is 17.3 Å². The smallest absolute Gasteiger partial charge is 0.268 e. The van der Waals surface area contributed by atoms with Crippen molar-refractivity contribution >= 4 is 61.4 Å². The zero-order valence-corrected chi connectivity index (χ0v) is 22.3. The maximum atomic E-state index is 12.9. The molecule has 1 saturated heterocycles. The summed E-state index contributed by atoms with van der Waals surface area (Å²) in [7, 11) is -3.90. The molecule has 3 aromatic carbocycles. The van der Waals surface area contributed by atoms with Gasteiger partial charge in [0, 0.05) is 16.5 Å². The number of nitrogens with zero attached hydrogens (tertiary/aromatic N) is 2. The third-order valence-corrected chi connectivity index (χ3v) is 8.69. The lowest BCUT2D eigenvalue weighted by Crippen LogP contribution is -2.34. The van der Waals surface area contributed by atoms with Crippen molar-refractivity contribution in [2.45, 2.75) is 11.8 Å². The molecule has 1 aliphatic rings. The van der Waals surface area contributed by atoms with Crippen LogP contribution in [-0.2, 0) is 14.8 Å². The van der Waals surface area contributed by atoms with Gasteiger partial charge in [-0.05, 0) is 54.6 Å². The fourth-order valence-electron chi connectivity index (χ4n) is 3.60. The molecule has 0 aliphatic carbocycles. The van der Waals surface area contributed by atoms with Crippen molar-refractivity contribution in [3.63, 3.8) is 0 Å². The van der Waals surface area contributed by atoms with E-state index < -0.39 is 27.1 Å². The second kappa shape index (κ2) is 10.4. The van der Waals surface area contributed by atoms with Crippen LogP contribution in [0.4, 0.5) is 9.93 Å². The molecule has 0 unspecified atom stereocenters. The molecule has 4 aromatic rings. The van der Waals surface area contributed by atoms with Crippen molar-refractivity contribution in [2.24, 2.45) is 0 Å². The number of thiazole rings is 1. The first-order valence-corrected chi connectivity index (χ1v) is 14.4. The maximum absolute atomic E-state index is 12.9. The predicted molar refractivity (Wildman–Crippen MR) is 148 cm³/mol. The van der Waals surface area contributed by atoms with Crippen molar-refractivity contribution in [2.75, 3.05) is 4.72 Å². The topological polar surface area (TPSA) is 114 Å². The number of thioether (sulfide) groups is 1. The Kier molecular flexibility index (Phi) is 6.98. The highest BCUT2D eigenvalue weighted by Crippen LogP contribution is 2.33. The van der Waals surface area contributed by atoms with Crippen LogP contribution in [0.5, 0.6) is 0 Å². The summed E-state index contributed by atoms with van der Waals surface area (Å²) >= 11 is 1.83. The largest absolute Gasteiger partial charge is 0.300 e. The number of carbonyl (C=O) groups excluding carboxylic acids is 3. The first-order chi connectivity index (χ1) is 18.2. The molecule has 0 atom stereocenters. The number of amides is 3. The number of aryl methyl sites for hydroxylation is 1. The van der Waals surface area contributed by atoms with Gasteiger partial charge >= 0.3 is 5.24 Å². The number of benzene rings is 3. The summed E-state index contributed by atoms with van der Waals surface area (Å²) in [6.45, 7) is 1.87. The van der Waals surface area contributed by atoms with Crippen LogP contribution in [-0.4, -0.2) is 35.4 Å². The minimum atomic E-state index is -3.90. The molecular weight excluding hydrogens is 543 g/mol. The Balaban J connectivity index is 1.30. The molecule has 1 fully saturated rings. The van der Waals surface area contributed by atoms with Crippen molar-refractivity contribution in [3.8, 4) is 11.3 Å². The Labute approximate surface area is 227 Å². The number of imide groups is 3. The van der Waals surface area contributed by atoms with E-state index in [-0.39, 0.29) is 20.5 Å². The minimum Gasteiger partial charge on any atom is -0.268 e. The van der Waals surface area contributed by atoms with E-state index in [2.05, 4.69) is 9.71 Å². The van der Waals surface area contributed by atoms with Crippen molar-refractivity contribution < 1.29 is 22.8 Å². The van der Waals surface area contributed by atoms with Gasteiger partial charge in [-0.2, -0.15) is 0 Å². The van der Waals surface area contributed by atoms with Crippen LogP contribution in [0, 0.1) is 6.92 Å². The Morgan fingerprint density at radius 2 is 1.63 bits per heavy atom. The number of nitrogens with one attached hydrogen (secondary N) is 1. The van der Waals surface area contributed by atoms with E-state index in [1.165, 1.54) is 41.7 Å². The fraction of sp³-hybridized carbons (Fsp3) is 0.0370. The van der Waals surface area contributed by atoms with Crippen LogP contribution in [0.15, 0.2) is 94.0 Å². The number of hydrogen-bond acceptors (Lipinski definition) is 8. The average Bonchev–Trinajstić information content (AvgIpc) is 3.48. The van der Waals surface area contributed by atoms with Crippen LogP contribution in [0.3, 0.4) is 0 Å². The number of sulfonamides is 1. The second-order valence-corrected chi connectivity index (χ2v) is 11.8. The number of aromatic nitrogens is 1. The second-order valence-electron chi connectivity index (χ2n) is 8.27.